The Bertz CT molecular complexity index is 1110. The largest absolute Gasteiger partial charge is 0.384 e. The van der Waals surface area contributed by atoms with E-state index in [4.69, 9.17) is 16.9 Å². The van der Waals surface area contributed by atoms with Crippen LogP contribution in [0.5, 0.6) is 0 Å². The average molecular weight is 448 g/mol. The van der Waals surface area contributed by atoms with E-state index >= 15 is 0 Å². The Balaban J connectivity index is 1.92. The number of carbonyl (C=O) groups excluding carboxylic acids is 2. The molecule has 3 aromatic rings. The number of primary amides is 1. The number of H-pyrrole nitrogens is 1. The highest BCUT2D eigenvalue weighted by Crippen LogP contribution is 2.29. The first-order chi connectivity index (χ1) is 15.7. The zero-order chi connectivity index (χ0) is 24.0. The van der Waals surface area contributed by atoms with Crippen LogP contribution in [0.3, 0.4) is 0 Å². The summed E-state index contributed by atoms with van der Waals surface area (Å²) in [5.41, 5.74) is 14.8. The number of rotatable bonds is 10. The van der Waals surface area contributed by atoms with Gasteiger partial charge in [0.25, 0.3) is 0 Å². The summed E-state index contributed by atoms with van der Waals surface area (Å²) in [5, 5.41) is 10.7. The summed E-state index contributed by atoms with van der Waals surface area (Å²) in [4.78, 5) is 33.7. The molecule has 2 amide bonds. The van der Waals surface area contributed by atoms with Crippen molar-refractivity contribution in [2.45, 2.75) is 32.2 Å². The fourth-order valence-electron chi connectivity index (χ4n) is 3.57. The van der Waals surface area contributed by atoms with Gasteiger partial charge in [-0.05, 0) is 35.7 Å². The second-order valence-electron chi connectivity index (χ2n) is 8.11. The minimum atomic E-state index is -0.568. The van der Waals surface area contributed by atoms with Gasteiger partial charge in [-0.3, -0.25) is 15.0 Å². The first-order valence-electron chi connectivity index (χ1n) is 10.6. The quantitative estimate of drug-likeness (QED) is 0.239. The molecule has 0 aliphatic rings. The number of anilines is 2. The first kappa shape index (κ1) is 23.5. The van der Waals surface area contributed by atoms with E-state index in [1.165, 1.54) is 11.9 Å². The zero-order valence-electron chi connectivity index (χ0n) is 18.7. The second kappa shape index (κ2) is 10.4. The Morgan fingerprint density at radius 1 is 1.15 bits per heavy atom. The third-order valence-corrected chi connectivity index (χ3v) is 5.31. The number of aromatic amines is 1. The van der Waals surface area contributed by atoms with Crippen LogP contribution >= 0.6 is 0 Å². The highest BCUT2D eigenvalue weighted by Gasteiger charge is 2.26. The number of nitrogens with zero attached hydrogens (tertiary/aromatic N) is 2. The van der Waals surface area contributed by atoms with Crippen molar-refractivity contribution in [1.29, 1.82) is 5.41 Å². The van der Waals surface area contributed by atoms with Crippen LogP contribution in [-0.2, 0) is 9.59 Å². The maximum absolute atomic E-state index is 13.0. The maximum Gasteiger partial charge on any atom is 0.243 e. The molecular formula is C24H29N7O2. The molecule has 0 aliphatic carbocycles. The molecule has 0 spiro atoms. The number of nitrogen functional groups attached to an aromatic ring is 1. The molecule has 3 rings (SSSR count). The Morgan fingerprint density at radius 2 is 1.88 bits per heavy atom. The van der Waals surface area contributed by atoms with Gasteiger partial charge in [-0.25, -0.2) is 4.98 Å². The van der Waals surface area contributed by atoms with Gasteiger partial charge in [-0.1, -0.05) is 38.1 Å². The fraction of sp³-hybridized carbons (Fsp3) is 0.250. The molecule has 2 aromatic carbocycles. The van der Waals surface area contributed by atoms with Crippen molar-refractivity contribution in [3.8, 4) is 0 Å². The molecule has 0 saturated carbocycles. The third-order valence-electron chi connectivity index (χ3n) is 5.31. The van der Waals surface area contributed by atoms with Gasteiger partial charge in [0.15, 0.2) is 0 Å². The number of aromatic nitrogens is 2. The van der Waals surface area contributed by atoms with Crippen LogP contribution in [-0.4, -0.2) is 34.2 Å². The number of hydrogen-bond acceptors (Lipinski definition) is 5. The zero-order valence-corrected chi connectivity index (χ0v) is 18.7. The van der Waals surface area contributed by atoms with Crippen LogP contribution in [0, 0.1) is 5.41 Å². The summed E-state index contributed by atoms with van der Waals surface area (Å²) in [7, 11) is 0. The lowest BCUT2D eigenvalue weighted by Gasteiger charge is -2.32. The van der Waals surface area contributed by atoms with Crippen LogP contribution in [0.25, 0.3) is 0 Å². The van der Waals surface area contributed by atoms with E-state index < -0.39 is 11.9 Å². The van der Waals surface area contributed by atoms with Gasteiger partial charge in [0.2, 0.25) is 11.8 Å². The van der Waals surface area contributed by atoms with Gasteiger partial charge in [-0.15, -0.1) is 0 Å². The van der Waals surface area contributed by atoms with E-state index in [-0.39, 0.29) is 24.7 Å². The SMILES string of the molecule is CC(C)c1ccc(NC(=O)CN(c2cccc(C(=N)N)c2)C(CC(N)=O)c2cnc[nH]2)cc1. The van der Waals surface area contributed by atoms with Crippen LogP contribution in [0.4, 0.5) is 11.4 Å². The van der Waals surface area contributed by atoms with Gasteiger partial charge >= 0.3 is 0 Å². The van der Waals surface area contributed by atoms with Gasteiger partial charge in [0.1, 0.15) is 5.84 Å². The minimum Gasteiger partial charge on any atom is -0.384 e. The van der Waals surface area contributed by atoms with Crippen molar-refractivity contribution in [2.24, 2.45) is 11.5 Å². The van der Waals surface area contributed by atoms with E-state index in [9.17, 15) is 9.59 Å². The molecule has 0 radical (unpaired) electrons. The number of amidine groups is 1. The van der Waals surface area contributed by atoms with Crippen LogP contribution < -0.4 is 21.7 Å². The number of hydrogen-bond donors (Lipinski definition) is 5. The molecule has 7 N–H and O–H groups in total. The van der Waals surface area contributed by atoms with Crippen molar-refractivity contribution in [2.75, 3.05) is 16.8 Å². The standard InChI is InChI=1S/C24H29N7O2/c1-15(2)16-6-8-18(9-7-16)30-23(33)13-31(19-5-3-4-17(10-19)24(26)27)21(11-22(25)32)20-12-28-14-29-20/h3-10,12,14-15,21H,11,13H2,1-2H3,(H2,25,32)(H3,26,27)(H,28,29)(H,30,33). The van der Waals surface area contributed by atoms with Gasteiger partial charge in [0, 0.05) is 16.9 Å². The van der Waals surface area contributed by atoms with Crippen molar-refractivity contribution in [1.82, 2.24) is 9.97 Å². The smallest absolute Gasteiger partial charge is 0.243 e. The van der Waals surface area contributed by atoms with Crippen LogP contribution in [0.1, 0.15) is 49.0 Å². The molecule has 9 nitrogen and oxygen atoms in total. The molecule has 0 aliphatic heterocycles. The fourth-order valence-corrected chi connectivity index (χ4v) is 3.57. The summed E-state index contributed by atoms with van der Waals surface area (Å²) in [6.07, 6.45) is 3.06. The second-order valence-corrected chi connectivity index (χ2v) is 8.11. The number of amides is 2. The predicted molar refractivity (Wildman–Crippen MR) is 129 cm³/mol. The molecule has 9 heteroatoms. The highest BCUT2D eigenvalue weighted by molar-refractivity contribution is 5.97. The number of nitrogens with two attached hydrogens (primary N) is 2. The Labute approximate surface area is 192 Å². The number of benzene rings is 2. The van der Waals surface area contributed by atoms with E-state index in [0.717, 1.165) is 0 Å². The monoisotopic (exact) mass is 447 g/mol. The van der Waals surface area contributed by atoms with Crippen molar-refractivity contribution in [3.05, 3.63) is 77.9 Å². The summed E-state index contributed by atoms with van der Waals surface area (Å²) < 4.78 is 0. The van der Waals surface area contributed by atoms with Gasteiger partial charge in [-0.2, -0.15) is 0 Å². The Kier molecular flexibility index (Phi) is 7.45. The molecule has 1 unspecified atom stereocenters. The summed E-state index contributed by atoms with van der Waals surface area (Å²) in [6.45, 7) is 4.15. The van der Waals surface area contributed by atoms with Gasteiger partial charge in [0.05, 0.1) is 37.2 Å². The number of nitrogens with one attached hydrogen (secondary N) is 3. The Hall–Kier alpha value is -4.14. The average Bonchev–Trinajstić information content (AvgIpc) is 3.31. The highest BCUT2D eigenvalue weighted by atomic mass is 16.2. The van der Waals surface area contributed by atoms with Crippen LogP contribution in [0.2, 0.25) is 0 Å². The topological polar surface area (TPSA) is 154 Å². The first-order valence-corrected chi connectivity index (χ1v) is 10.6. The number of carbonyl (C=O) groups is 2. The lowest BCUT2D eigenvalue weighted by molar-refractivity contribution is -0.119. The normalized spacial score (nSPS) is 11.7. The van der Waals surface area contributed by atoms with Gasteiger partial charge < -0.3 is 26.7 Å². The third kappa shape index (κ3) is 6.19. The lowest BCUT2D eigenvalue weighted by Crippen LogP contribution is -2.38. The van der Waals surface area contributed by atoms with E-state index in [2.05, 4.69) is 29.1 Å². The molecule has 1 aromatic heterocycles. The van der Waals surface area contributed by atoms with Crippen molar-refractivity contribution >= 4 is 29.0 Å². The Morgan fingerprint density at radius 3 is 2.45 bits per heavy atom. The summed E-state index contributed by atoms with van der Waals surface area (Å²) in [6, 6.07) is 14.1. The summed E-state index contributed by atoms with van der Waals surface area (Å²) >= 11 is 0. The van der Waals surface area contributed by atoms with E-state index in [1.54, 1.807) is 35.4 Å². The minimum absolute atomic E-state index is 0.0388. The lowest BCUT2D eigenvalue weighted by atomic mass is 10.0. The molecule has 1 heterocycles. The van der Waals surface area contributed by atoms with Crippen LogP contribution in [0.15, 0.2) is 61.1 Å². The molecule has 0 bridgehead atoms. The molecule has 33 heavy (non-hydrogen) atoms. The predicted octanol–water partition coefficient (Wildman–Crippen LogP) is 2.88. The maximum atomic E-state index is 13.0. The van der Waals surface area contributed by atoms with E-state index in [0.29, 0.717) is 28.6 Å². The molecule has 1 atom stereocenters. The number of imidazole rings is 1. The molecule has 0 saturated heterocycles. The summed E-state index contributed by atoms with van der Waals surface area (Å²) in [5.74, 6) is -0.497. The molecule has 172 valence electrons. The van der Waals surface area contributed by atoms with Crippen molar-refractivity contribution < 1.29 is 9.59 Å². The van der Waals surface area contributed by atoms with E-state index in [1.807, 2.05) is 24.3 Å². The molecular weight excluding hydrogens is 418 g/mol. The molecule has 0 fully saturated rings. The van der Waals surface area contributed by atoms with Crippen molar-refractivity contribution in [3.63, 3.8) is 0 Å².